The van der Waals surface area contributed by atoms with Crippen LogP contribution in [-0.2, 0) is 9.19 Å². The lowest BCUT2D eigenvalue weighted by Crippen LogP contribution is -2.44. The minimum atomic E-state index is -4.18. The zero-order chi connectivity index (χ0) is 16.8. The molecule has 1 atom stereocenters. The minimum absolute atomic E-state index is 0.224. The molecule has 2 aliphatic carbocycles. The molecule has 1 unspecified atom stereocenters. The Morgan fingerprint density at radius 2 is 1.38 bits per heavy atom. The first-order valence-electron chi connectivity index (χ1n) is 9.19. The Labute approximate surface area is 144 Å². The maximum absolute atomic E-state index is 12.5. The second kappa shape index (κ2) is 8.48. The van der Waals surface area contributed by atoms with E-state index in [1.54, 1.807) is 24.3 Å². The van der Waals surface area contributed by atoms with Crippen LogP contribution in [0.4, 0.5) is 0 Å². The van der Waals surface area contributed by atoms with Crippen LogP contribution in [0.2, 0.25) is 0 Å². The zero-order valence-electron chi connectivity index (χ0n) is 14.2. The molecule has 3 rings (SSSR count). The third-order valence-corrected chi connectivity index (χ3v) is 5.87. The van der Waals surface area contributed by atoms with Gasteiger partial charge in [-0.1, -0.05) is 56.7 Å². The topological polar surface area (TPSA) is 59.0 Å². The van der Waals surface area contributed by atoms with Gasteiger partial charge in [0.15, 0.2) is 0 Å². The highest BCUT2D eigenvalue weighted by atomic mass is 31.2. The van der Waals surface area contributed by atoms with E-state index in [-0.39, 0.29) is 12.1 Å². The molecule has 0 spiro atoms. The largest absolute Gasteiger partial charge is 0.544 e. The summed E-state index contributed by atoms with van der Waals surface area (Å²) in [6.45, 7) is 0. The third-order valence-electron chi connectivity index (χ3n) is 5.03. The molecule has 1 aromatic carbocycles. The van der Waals surface area contributed by atoms with Crippen LogP contribution in [0.3, 0.4) is 0 Å². The molecule has 0 aliphatic heterocycles. The SMILES string of the molecule is O=P(O)(Oc1ccccc1)ON(C1CCCCC1)C1CCCCC1. The molecule has 0 saturated heterocycles. The highest BCUT2D eigenvalue weighted by Crippen LogP contribution is 2.47. The van der Waals surface area contributed by atoms with Crippen LogP contribution >= 0.6 is 7.82 Å². The van der Waals surface area contributed by atoms with Crippen molar-refractivity contribution < 1.29 is 18.6 Å². The summed E-state index contributed by atoms with van der Waals surface area (Å²) in [6.07, 6.45) is 11.2. The van der Waals surface area contributed by atoms with Crippen molar-refractivity contribution in [2.75, 3.05) is 0 Å². The predicted octanol–water partition coefficient (Wildman–Crippen LogP) is 5.06. The van der Waals surface area contributed by atoms with Crippen LogP contribution in [0.25, 0.3) is 0 Å². The standard InChI is InChI=1S/C18H28NO4P/c20-24(21,22-18-14-8-3-9-15-18)23-19(16-10-4-1-5-11-16)17-12-6-2-7-13-17/h3,8-9,14-17H,1-2,4-7,10-13H2,(H,20,21). The molecule has 6 heteroatoms. The fraction of sp³-hybridized carbons (Fsp3) is 0.667. The lowest BCUT2D eigenvalue weighted by atomic mass is 9.90. The molecule has 0 radical (unpaired) electrons. The van der Waals surface area contributed by atoms with E-state index < -0.39 is 7.82 Å². The van der Waals surface area contributed by atoms with E-state index in [2.05, 4.69) is 0 Å². The van der Waals surface area contributed by atoms with E-state index in [1.807, 2.05) is 11.1 Å². The number of hydrogen-bond acceptors (Lipinski definition) is 4. The second-order valence-electron chi connectivity index (χ2n) is 6.90. The van der Waals surface area contributed by atoms with Crippen LogP contribution in [-0.4, -0.2) is 22.0 Å². The van der Waals surface area contributed by atoms with Crippen molar-refractivity contribution >= 4 is 7.82 Å². The molecule has 1 N–H and O–H groups in total. The quantitative estimate of drug-likeness (QED) is 0.572. The Morgan fingerprint density at radius 1 is 0.875 bits per heavy atom. The first kappa shape index (κ1) is 17.9. The molecule has 2 saturated carbocycles. The van der Waals surface area contributed by atoms with Crippen molar-refractivity contribution in [1.29, 1.82) is 0 Å². The summed E-state index contributed by atoms with van der Waals surface area (Å²) in [5.74, 6) is 0.357. The van der Waals surface area contributed by atoms with Crippen LogP contribution in [0.15, 0.2) is 30.3 Å². The van der Waals surface area contributed by atoms with Crippen molar-refractivity contribution in [3.63, 3.8) is 0 Å². The Kier molecular flexibility index (Phi) is 6.34. The molecule has 0 aromatic heterocycles. The Bertz CT molecular complexity index is 523. The van der Waals surface area contributed by atoms with Gasteiger partial charge in [0, 0.05) is 12.1 Å². The number of nitrogens with zero attached hydrogens (tertiary/aromatic N) is 1. The normalized spacial score (nSPS) is 23.1. The average molecular weight is 353 g/mol. The number of rotatable bonds is 6. The van der Waals surface area contributed by atoms with Crippen LogP contribution in [0.5, 0.6) is 5.75 Å². The number of hydrogen-bond donors (Lipinski definition) is 1. The summed E-state index contributed by atoms with van der Waals surface area (Å²) in [4.78, 5) is 10.3. The predicted molar refractivity (Wildman–Crippen MR) is 93.6 cm³/mol. The van der Waals surface area contributed by atoms with Gasteiger partial charge in [0.1, 0.15) is 5.75 Å². The van der Waals surface area contributed by atoms with Gasteiger partial charge in [-0.2, -0.15) is 9.69 Å². The van der Waals surface area contributed by atoms with Crippen molar-refractivity contribution in [2.45, 2.75) is 76.3 Å². The van der Waals surface area contributed by atoms with E-state index in [0.717, 1.165) is 51.4 Å². The van der Waals surface area contributed by atoms with Crippen molar-refractivity contribution in [3.05, 3.63) is 30.3 Å². The number of para-hydroxylation sites is 1. The summed E-state index contributed by atoms with van der Waals surface area (Å²) >= 11 is 0. The maximum atomic E-state index is 12.5. The van der Waals surface area contributed by atoms with Gasteiger partial charge in [0.2, 0.25) is 0 Å². The molecule has 5 nitrogen and oxygen atoms in total. The molecule has 1 aromatic rings. The first-order chi connectivity index (χ1) is 11.6. The fourth-order valence-electron chi connectivity index (χ4n) is 3.85. The smallest absolute Gasteiger partial charge is 0.403 e. The summed E-state index contributed by atoms with van der Waals surface area (Å²) in [5.41, 5.74) is 0. The number of phosphoric ester groups is 1. The molecule has 134 valence electrons. The molecule has 0 amide bonds. The molecular formula is C18H28NO4P. The van der Waals surface area contributed by atoms with Crippen LogP contribution < -0.4 is 4.52 Å². The third kappa shape index (κ3) is 5.06. The van der Waals surface area contributed by atoms with Gasteiger partial charge >= 0.3 is 7.82 Å². The monoisotopic (exact) mass is 353 g/mol. The summed E-state index contributed by atoms with van der Waals surface area (Å²) in [5, 5.41) is 1.84. The van der Waals surface area contributed by atoms with E-state index in [4.69, 9.17) is 9.15 Å². The van der Waals surface area contributed by atoms with Gasteiger partial charge in [-0.15, -0.1) is 0 Å². The van der Waals surface area contributed by atoms with Gasteiger partial charge in [-0.3, -0.25) is 4.89 Å². The average Bonchev–Trinajstić information content (AvgIpc) is 2.62. The number of hydroxylamine groups is 2. The number of phosphoric acid groups is 1. The summed E-state index contributed by atoms with van der Waals surface area (Å²) in [7, 11) is -4.18. The van der Waals surface area contributed by atoms with Crippen molar-refractivity contribution in [3.8, 4) is 5.75 Å². The lowest BCUT2D eigenvalue weighted by molar-refractivity contribution is -0.159. The molecule has 2 aliphatic rings. The maximum Gasteiger partial charge on any atom is 0.544 e. The Hall–Kier alpha value is -0.870. The summed E-state index contributed by atoms with van der Waals surface area (Å²) < 4.78 is 23.5. The second-order valence-corrected chi connectivity index (χ2v) is 8.18. The molecule has 24 heavy (non-hydrogen) atoms. The van der Waals surface area contributed by atoms with E-state index in [0.29, 0.717) is 5.75 Å². The van der Waals surface area contributed by atoms with Gasteiger partial charge in [0.25, 0.3) is 0 Å². The van der Waals surface area contributed by atoms with Gasteiger partial charge in [0.05, 0.1) is 0 Å². The van der Waals surface area contributed by atoms with Gasteiger partial charge < -0.3 is 4.52 Å². The van der Waals surface area contributed by atoms with E-state index >= 15 is 0 Å². The van der Waals surface area contributed by atoms with Gasteiger partial charge in [-0.25, -0.2) is 4.57 Å². The molecule has 2 fully saturated rings. The molecular weight excluding hydrogens is 325 g/mol. The lowest BCUT2D eigenvalue weighted by Gasteiger charge is -2.40. The number of benzene rings is 1. The Morgan fingerprint density at radius 3 is 1.88 bits per heavy atom. The van der Waals surface area contributed by atoms with Crippen molar-refractivity contribution in [1.82, 2.24) is 5.06 Å². The summed E-state index contributed by atoms with van der Waals surface area (Å²) in [6, 6.07) is 9.16. The van der Waals surface area contributed by atoms with Crippen LogP contribution in [0.1, 0.15) is 64.2 Å². The van der Waals surface area contributed by atoms with Gasteiger partial charge in [-0.05, 0) is 37.8 Å². The van der Waals surface area contributed by atoms with E-state index in [1.165, 1.54) is 12.8 Å². The fourth-order valence-corrected chi connectivity index (χ4v) is 4.78. The molecule has 0 heterocycles. The van der Waals surface area contributed by atoms with E-state index in [9.17, 15) is 9.46 Å². The zero-order valence-corrected chi connectivity index (χ0v) is 15.1. The van der Waals surface area contributed by atoms with Crippen molar-refractivity contribution in [2.24, 2.45) is 0 Å². The molecule has 0 bridgehead atoms. The highest BCUT2D eigenvalue weighted by Gasteiger charge is 2.36. The van der Waals surface area contributed by atoms with Crippen LogP contribution in [0, 0.1) is 0 Å². The Balaban J connectivity index is 1.70. The minimum Gasteiger partial charge on any atom is -0.403 e. The first-order valence-corrected chi connectivity index (χ1v) is 10.7. The highest BCUT2D eigenvalue weighted by molar-refractivity contribution is 7.47.